The zero-order valence-electron chi connectivity index (χ0n) is 13.7. The van der Waals surface area contributed by atoms with E-state index in [0.29, 0.717) is 5.56 Å². The summed E-state index contributed by atoms with van der Waals surface area (Å²) in [4.78, 5) is 35.4. The molecule has 0 atom stereocenters. The van der Waals surface area contributed by atoms with Gasteiger partial charge in [0.15, 0.2) is 6.61 Å². The quantitative estimate of drug-likeness (QED) is 0.843. The van der Waals surface area contributed by atoms with Gasteiger partial charge in [-0.05, 0) is 36.8 Å². The van der Waals surface area contributed by atoms with E-state index in [-0.39, 0.29) is 16.8 Å². The van der Waals surface area contributed by atoms with Crippen LogP contribution in [0.15, 0.2) is 42.5 Å². The number of halogens is 1. The van der Waals surface area contributed by atoms with Gasteiger partial charge in [-0.2, -0.15) is 0 Å². The summed E-state index contributed by atoms with van der Waals surface area (Å²) >= 11 is 0. The van der Waals surface area contributed by atoms with Crippen LogP contribution in [0.1, 0.15) is 26.3 Å². The highest BCUT2D eigenvalue weighted by atomic mass is 19.1. The summed E-state index contributed by atoms with van der Waals surface area (Å²) in [5.41, 5.74) is 0.807. The Morgan fingerprint density at radius 3 is 2.48 bits per heavy atom. The van der Waals surface area contributed by atoms with Crippen LogP contribution < -0.4 is 5.32 Å². The van der Waals surface area contributed by atoms with E-state index in [1.54, 1.807) is 19.1 Å². The molecule has 0 aliphatic carbocycles. The summed E-state index contributed by atoms with van der Waals surface area (Å²) in [6.45, 7) is 0.987. The number of esters is 2. The number of benzene rings is 2. The lowest BCUT2D eigenvalue weighted by molar-refractivity contribution is -0.119. The third-order valence-corrected chi connectivity index (χ3v) is 3.35. The van der Waals surface area contributed by atoms with Gasteiger partial charge in [0, 0.05) is 0 Å². The predicted octanol–water partition coefficient (Wildman–Crippen LogP) is 2.72. The summed E-state index contributed by atoms with van der Waals surface area (Å²) < 4.78 is 22.9. The van der Waals surface area contributed by atoms with Crippen LogP contribution in [0.3, 0.4) is 0 Å². The third kappa shape index (κ3) is 4.63. The second-order valence-corrected chi connectivity index (χ2v) is 5.13. The first-order chi connectivity index (χ1) is 11.9. The van der Waals surface area contributed by atoms with Crippen LogP contribution in [0.4, 0.5) is 10.1 Å². The molecule has 0 saturated heterocycles. The number of rotatable bonds is 5. The number of amides is 1. The van der Waals surface area contributed by atoms with Crippen LogP contribution >= 0.6 is 0 Å². The summed E-state index contributed by atoms with van der Waals surface area (Å²) in [6.07, 6.45) is 0. The lowest BCUT2D eigenvalue weighted by Crippen LogP contribution is -2.22. The van der Waals surface area contributed by atoms with Crippen LogP contribution in [0.2, 0.25) is 0 Å². The Labute approximate surface area is 143 Å². The fourth-order valence-electron chi connectivity index (χ4n) is 2.00. The molecule has 6 nitrogen and oxygen atoms in total. The Kier molecular flexibility index (Phi) is 5.84. The number of hydrogen-bond acceptors (Lipinski definition) is 5. The number of carbonyl (C=O) groups excluding carboxylic acids is 3. The lowest BCUT2D eigenvalue weighted by Gasteiger charge is -2.10. The van der Waals surface area contributed by atoms with Crippen LogP contribution in [-0.4, -0.2) is 31.6 Å². The normalized spacial score (nSPS) is 10.0. The largest absolute Gasteiger partial charge is 0.465 e. The van der Waals surface area contributed by atoms with E-state index < -0.39 is 30.3 Å². The first-order valence-corrected chi connectivity index (χ1v) is 7.33. The molecular weight excluding hydrogens is 329 g/mol. The fourth-order valence-corrected chi connectivity index (χ4v) is 2.00. The van der Waals surface area contributed by atoms with Crippen molar-refractivity contribution in [3.8, 4) is 0 Å². The van der Waals surface area contributed by atoms with Crippen LogP contribution in [0, 0.1) is 12.7 Å². The second kappa shape index (κ2) is 8.05. The minimum absolute atomic E-state index is 0.00543. The van der Waals surface area contributed by atoms with Crippen LogP contribution in [-0.2, 0) is 14.3 Å². The van der Waals surface area contributed by atoms with Crippen molar-refractivity contribution in [3.63, 3.8) is 0 Å². The van der Waals surface area contributed by atoms with Gasteiger partial charge in [-0.1, -0.05) is 18.2 Å². The van der Waals surface area contributed by atoms with Gasteiger partial charge in [-0.25, -0.2) is 14.0 Å². The molecule has 0 saturated carbocycles. The molecule has 0 aromatic heterocycles. The predicted molar refractivity (Wildman–Crippen MR) is 87.8 cm³/mol. The molecule has 0 unspecified atom stereocenters. The minimum Gasteiger partial charge on any atom is -0.465 e. The van der Waals surface area contributed by atoms with Gasteiger partial charge < -0.3 is 14.8 Å². The second-order valence-electron chi connectivity index (χ2n) is 5.13. The highest BCUT2D eigenvalue weighted by molar-refractivity contribution is 6.02. The maximum atomic E-state index is 13.4. The number of nitrogens with one attached hydrogen (secondary N) is 1. The van der Waals surface area contributed by atoms with Gasteiger partial charge in [-0.15, -0.1) is 0 Å². The topological polar surface area (TPSA) is 81.7 Å². The maximum Gasteiger partial charge on any atom is 0.339 e. The van der Waals surface area contributed by atoms with Crippen molar-refractivity contribution in [2.75, 3.05) is 19.0 Å². The Morgan fingerprint density at radius 2 is 1.80 bits per heavy atom. The molecule has 1 amide bonds. The SMILES string of the molecule is COC(=O)c1ccccc1NC(=O)COC(=O)c1ccc(C)c(F)c1. The molecule has 25 heavy (non-hydrogen) atoms. The Balaban J connectivity index is 1.98. The highest BCUT2D eigenvalue weighted by Gasteiger charge is 2.15. The number of hydrogen-bond donors (Lipinski definition) is 1. The number of para-hydroxylation sites is 1. The van der Waals surface area contributed by atoms with Gasteiger partial charge in [-0.3, -0.25) is 4.79 Å². The van der Waals surface area contributed by atoms with E-state index in [0.717, 1.165) is 6.07 Å². The van der Waals surface area contributed by atoms with Crippen molar-refractivity contribution >= 4 is 23.5 Å². The molecule has 0 aliphatic heterocycles. The van der Waals surface area contributed by atoms with Gasteiger partial charge in [0.25, 0.3) is 5.91 Å². The first-order valence-electron chi connectivity index (χ1n) is 7.33. The lowest BCUT2D eigenvalue weighted by atomic mass is 10.1. The minimum atomic E-state index is -0.824. The molecule has 2 aromatic carbocycles. The molecule has 0 aliphatic rings. The molecule has 0 heterocycles. The molecule has 0 fully saturated rings. The number of ether oxygens (including phenoxy) is 2. The number of methoxy groups -OCH3 is 1. The van der Waals surface area contributed by atoms with E-state index in [9.17, 15) is 18.8 Å². The Bertz CT molecular complexity index is 819. The molecular formula is C18H16FNO5. The molecule has 7 heteroatoms. The molecule has 0 spiro atoms. The Morgan fingerprint density at radius 1 is 1.08 bits per heavy atom. The number of aryl methyl sites for hydroxylation is 1. The average Bonchev–Trinajstić information content (AvgIpc) is 2.61. The number of anilines is 1. The molecule has 0 bridgehead atoms. The van der Waals surface area contributed by atoms with Gasteiger partial charge in [0.2, 0.25) is 0 Å². The summed E-state index contributed by atoms with van der Waals surface area (Å²) in [5.74, 6) is -2.61. The van der Waals surface area contributed by atoms with Gasteiger partial charge >= 0.3 is 11.9 Å². The zero-order chi connectivity index (χ0) is 18.4. The zero-order valence-corrected chi connectivity index (χ0v) is 13.7. The van der Waals surface area contributed by atoms with Crippen molar-refractivity contribution < 1.29 is 28.2 Å². The van der Waals surface area contributed by atoms with Crippen molar-refractivity contribution in [1.29, 1.82) is 0 Å². The van der Waals surface area contributed by atoms with E-state index in [1.807, 2.05) is 0 Å². The molecule has 0 radical (unpaired) electrons. The van der Waals surface area contributed by atoms with Crippen molar-refractivity contribution in [2.45, 2.75) is 6.92 Å². The summed E-state index contributed by atoms with van der Waals surface area (Å²) in [7, 11) is 1.23. The van der Waals surface area contributed by atoms with Crippen molar-refractivity contribution in [3.05, 3.63) is 65.0 Å². The fraction of sp³-hybridized carbons (Fsp3) is 0.167. The van der Waals surface area contributed by atoms with E-state index >= 15 is 0 Å². The standard InChI is InChI=1S/C18H16FNO5/c1-11-7-8-12(9-14(11)19)17(22)25-10-16(21)20-15-6-4-3-5-13(15)18(23)24-2/h3-9H,10H2,1-2H3,(H,20,21). The van der Waals surface area contributed by atoms with Crippen LogP contribution in [0.5, 0.6) is 0 Å². The van der Waals surface area contributed by atoms with Gasteiger partial charge in [0.1, 0.15) is 5.82 Å². The first kappa shape index (κ1) is 18.1. The highest BCUT2D eigenvalue weighted by Crippen LogP contribution is 2.16. The number of carbonyl (C=O) groups is 3. The Hall–Kier alpha value is -3.22. The summed E-state index contributed by atoms with van der Waals surface area (Å²) in [5, 5.41) is 2.46. The smallest absolute Gasteiger partial charge is 0.339 e. The summed E-state index contributed by atoms with van der Waals surface area (Å²) in [6, 6.07) is 10.1. The van der Waals surface area contributed by atoms with Crippen molar-refractivity contribution in [1.82, 2.24) is 0 Å². The average molecular weight is 345 g/mol. The molecule has 130 valence electrons. The van der Waals surface area contributed by atoms with E-state index in [2.05, 4.69) is 10.1 Å². The molecule has 2 rings (SSSR count). The van der Waals surface area contributed by atoms with E-state index in [4.69, 9.17) is 4.74 Å². The van der Waals surface area contributed by atoms with Gasteiger partial charge in [0.05, 0.1) is 23.9 Å². The van der Waals surface area contributed by atoms with Crippen LogP contribution in [0.25, 0.3) is 0 Å². The van der Waals surface area contributed by atoms with Crippen molar-refractivity contribution in [2.24, 2.45) is 0 Å². The van der Waals surface area contributed by atoms with E-state index in [1.165, 1.54) is 31.4 Å². The third-order valence-electron chi connectivity index (χ3n) is 3.35. The molecule has 1 N–H and O–H groups in total. The molecule has 2 aromatic rings. The maximum absolute atomic E-state index is 13.4. The monoisotopic (exact) mass is 345 g/mol.